The molecule has 0 heterocycles. The van der Waals surface area contributed by atoms with Gasteiger partial charge in [0, 0.05) is 0 Å². The molecule has 0 N–H and O–H groups in total. The first-order valence-electron chi connectivity index (χ1n) is 11.4. The molecular formula is C25H46. The van der Waals surface area contributed by atoms with Crippen molar-refractivity contribution >= 4 is 0 Å². The van der Waals surface area contributed by atoms with Gasteiger partial charge >= 0.3 is 0 Å². The normalized spacial score (nSPS) is 18.2. The Morgan fingerprint density at radius 1 is 0.680 bits per heavy atom. The van der Waals surface area contributed by atoms with Crippen molar-refractivity contribution in [1.82, 2.24) is 0 Å². The fraction of sp³-hybridized carbons (Fsp3) is 0.840. The van der Waals surface area contributed by atoms with E-state index in [1.54, 1.807) is 5.57 Å². The molecule has 0 nitrogen and oxygen atoms in total. The van der Waals surface area contributed by atoms with E-state index < -0.39 is 0 Å². The second-order valence-corrected chi connectivity index (χ2v) is 9.34. The zero-order valence-corrected chi connectivity index (χ0v) is 18.0. The van der Waals surface area contributed by atoms with Crippen molar-refractivity contribution in [1.29, 1.82) is 0 Å². The number of hydrogen-bond donors (Lipinski definition) is 0. The molecule has 25 heavy (non-hydrogen) atoms. The van der Waals surface area contributed by atoms with Crippen LogP contribution in [0.4, 0.5) is 0 Å². The van der Waals surface area contributed by atoms with Crippen LogP contribution in [0.15, 0.2) is 23.8 Å². The highest BCUT2D eigenvalue weighted by Gasteiger charge is 2.09. The lowest BCUT2D eigenvalue weighted by Crippen LogP contribution is -2.02. The van der Waals surface area contributed by atoms with Crippen molar-refractivity contribution in [2.24, 2.45) is 23.7 Å². The van der Waals surface area contributed by atoms with Crippen molar-refractivity contribution in [3.63, 3.8) is 0 Å². The summed E-state index contributed by atoms with van der Waals surface area (Å²) in [6.45, 7) is 12.0. The SMILES string of the molecule is CC(C)CCCC(C)CCCC(C)CCCCC(C)C1=CCCC=C1. The smallest absolute Gasteiger partial charge is 0.0194 e. The van der Waals surface area contributed by atoms with E-state index in [9.17, 15) is 0 Å². The van der Waals surface area contributed by atoms with Crippen molar-refractivity contribution in [3.05, 3.63) is 23.8 Å². The topological polar surface area (TPSA) is 0 Å². The van der Waals surface area contributed by atoms with Gasteiger partial charge in [-0.05, 0) is 48.5 Å². The highest BCUT2D eigenvalue weighted by atomic mass is 14.2. The van der Waals surface area contributed by atoms with Crippen molar-refractivity contribution in [2.45, 2.75) is 112 Å². The highest BCUT2D eigenvalue weighted by molar-refractivity contribution is 5.24. The van der Waals surface area contributed by atoms with Gasteiger partial charge in [-0.15, -0.1) is 0 Å². The molecule has 0 amide bonds. The Labute approximate surface area is 159 Å². The minimum Gasteiger partial charge on any atom is -0.0840 e. The lowest BCUT2D eigenvalue weighted by atomic mass is 9.89. The molecular weight excluding hydrogens is 300 g/mol. The first-order chi connectivity index (χ1) is 12.0. The Kier molecular flexibility index (Phi) is 12.3. The van der Waals surface area contributed by atoms with Crippen LogP contribution in [0.5, 0.6) is 0 Å². The third-order valence-corrected chi connectivity index (χ3v) is 6.05. The van der Waals surface area contributed by atoms with Crippen LogP contribution in [0.25, 0.3) is 0 Å². The van der Waals surface area contributed by atoms with E-state index in [-0.39, 0.29) is 0 Å². The Balaban J connectivity index is 1.98. The van der Waals surface area contributed by atoms with Gasteiger partial charge in [0.05, 0.1) is 0 Å². The molecule has 1 rings (SSSR count). The van der Waals surface area contributed by atoms with Crippen LogP contribution in [0.2, 0.25) is 0 Å². The number of hydrogen-bond acceptors (Lipinski definition) is 0. The predicted octanol–water partition coefficient (Wildman–Crippen LogP) is 8.73. The summed E-state index contributed by atoms with van der Waals surface area (Å²) in [4.78, 5) is 0. The predicted molar refractivity (Wildman–Crippen MR) is 115 cm³/mol. The fourth-order valence-electron chi connectivity index (χ4n) is 4.09. The first kappa shape index (κ1) is 22.5. The van der Waals surface area contributed by atoms with Gasteiger partial charge in [0.15, 0.2) is 0 Å². The quantitative estimate of drug-likeness (QED) is 0.276. The van der Waals surface area contributed by atoms with Crippen LogP contribution in [0.1, 0.15) is 112 Å². The zero-order valence-electron chi connectivity index (χ0n) is 18.0. The van der Waals surface area contributed by atoms with Crippen molar-refractivity contribution in [2.75, 3.05) is 0 Å². The molecule has 0 saturated carbocycles. The lowest BCUT2D eigenvalue weighted by molar-refractivity contribution is 0.384. The van der Waals surface area contributed by atoms with Gasteiger partial charge in [-0.3, -0.25) is 0 Å². The van der Waals surface area contributed by atoms with Gasteiger partial charge in [0.25, 0.3) is 0 Å². The van der Waals surface area contributed by atoms with Crippen molar-refractivity contribution in [3.8, 4) is 0 Å². The molecule has 0 radical (unpaired) electrons. The summed E-state index contributed by atoms with van der Waals surface area (Å²) in [6.07, 6.45) is 23.9. The van der Waals surface area contributed by atoms with Crippen LogP contribution in [-0.2, 0) is 0 Å². The second kappa shape index (κ2) is 13.7. The molecule has 1 aliphatic rings. The highest BCUT2D eigenvalue weighted by Crippen LogP contribution is 2.25. The van der Waals surface area contributed by atoms with E-state index in [4.69, 9.17) is 0 Å². The minimum atomic E-state index is 0.763. The third-order valence-electron chi connectivity index (χ3n) is 6.05. The summed E-state index contributed by atoms with van der Waals surface area (Å²) in [5, 5.41) is 0. The Morgan fingerprint density at radius 3 is 1.80 bits per heavy atom. The maximum absolute atomic E-state index is 2.47. The van der Waals surface area contributed by atoms with E-state index in [2.05, 4.69) is 52.8 Å². The van der Waals surface area contributed by atoms with E-state index >= 15 is 0 Å². The van der Waals surface area contributed by atoms with E-state index in [1.165, 1.54) is 77.0 Å². The van der Waals surface area contributed by atoms with Gasteiger partial charge < -0.3 is 0 Å². The second-order valence-electron chi connectivity index (χ2n) is 9.34. The molecule has 0 aromatic carbocycles. The average Bonchev–Trinajstić information content (AvgIpc) is 2.59. The van der Waals surface area contributed by atoms with E-state index in [0.717, 1.165) is 23.7 Å². The molecule has 0 aromatic rings. The summed E-state index contributed by atoms with van der Waals surface area (Å²) in [5.41, 5.74) is 1.59. The van der Waals surface area contributed by atoms with Crippen molar-refractivity contribution < 1.29 is 0 Å². The van der Waals surface area contributed by atoms with Gasteiger partial charge in [-0.1, -0.05) is 111 Å². The fourth-order valence-corrected chi connectivity index (χ4v) is 4.09. The number of rotatable bonds is 14. The van der Waals surface area contributed by atoms with Gasteiger partial charge in [0.1, 0.15) is 0 Å². The molecule has 0 bridgehead atoms. The standard InChI is InChI=1S/C25H46/c1-21(2)13-11-15-23(4)17-12-16-22(3)14-9-10-18-24(5)25-19-7-6-8-20-25/h7,19-24H,6,8-18H2,1-5H3. The van der Waals surface area contributed by atoms with Crippen LogP contribution in [0, 0.1) is 23.7 Å². The molecule has 0 spiro atoms. The monoisotopic (exact) mass is 346 g/mol. The zero-order chi connectivity index (χ0) is 18.5. The summed E-state index contributed by atoms with van der Waals surface area (Å²) >= 11 is 0. The Bertz CT molecular complexity index is 373. The summed E-state index contributed by atoms with van der Waals surface area (Å²) in [5.74, 6) is 3.49. The molecule has 0 saturated heterocycles. The van der Waals surface area contributed by atoms with Gasteiger partial charge in [-0.2, -0.15) is 0 Å². The summed E-state index contributed by atoms with van der Waals surface area (Å²) in [6, 6.07) is 0. The number of unbranched alkanes of at least 4 members (excludes halogenated alkanes) is 1. The van der Waals surface area contributed by atoms with Crippen LogP contribution in [-0.4, -0.2) is 0 Å². The van der Waals surface area contributed by atoms with Crippen LogP contribution >= 0.6 is 0 Å². The summed E-state index contributed by atoms with van der Waals surface area (Å²) < 4.78 is 0. The first-order valence-corrected chi connectivity index (χ1v) is 11.4. The minimum absolute atomic E-state index is 0.763. The molecule has 0 fully saturated rings. The van der Waals surface area contributed by atoms with Crippen LogP contribution < -0.4 is 0 Å². The molecule has 0 aliphatic heterocycles. The maximum atomic E-state index is 2.47. The molecule has 3 atom stereocenters. The van der Waals surface area contributed by atoms with Gasteiger partial charge in [0.2, 0.25) is 0 Å². The molecule has 146 valence electrons. The van der Waals surface area contributed by atoms with Crippen LogP contribution in [0.3, 0.4) is 0 Å². The van der Waals surface area contributed by atoms with Gasteiger partial charge in [-0.25, -0.2) is 0 Å². The molecule has 0 heteroatoms. The maximum Gasteiger partial charge on any atom is -0.0194 e. The van der Waals surface area contributed by atoms with E-state index in [1.807, 2.05) is 0 Å². The Morgan fingerprint density at radius 2 is 1.24 bits per heavy atom. The third kappa shape index (κ3) is 11.7. The van der Waals surface area contributed by atoms with E-state index in [0.29, 0.717) is 0 Å². The number of allylic oxidation sites excluding steroid dienone is 4. The average molecular weight is 347 g/mol. The Hall–Kier alpha value is -0.520. The largest absolute Gasteiger partial charge is 0.0840 e. The lowest BCUT2D eigenvalue weighted by Gasteiger charge is -2.17. The molecule has 1 aliphatic carbocycles. The summed E-state index contributed by atoms with van der Waals surface area (Å²) in [7, 11) is 0. The molecule has 0 aromatic heterocycles. The molecule has 3 unspecified atom stereocenters.